The summed E-state index contributed by atoms with van der Waals surface area (Å²) in [4.78, 5) is 36.7. The smallest absolute Gasteiger partial charge is 0.341 e. The Morgan fingerprint density at radius 2 is 1.00 bits per heavy atom. The number of esters is 3. The first kappa shape index (κ1) is 41.5. The molecule has 0 spiro atoms. The fourth-order valence-electron chi connectivity index (χ4n) is 6.12. The molecule has 1 aliphatic rings. The lowest BCUT2D eigenvalue weighted by atomic mass is 9.76. The minimum Gasteiger partial charge on any atom is -0.490 e. The molecule has 0 amide bonds. The Kier molecular flexibility index (Phi) is 16.5. The van der Waals surface area contributed by atoms with Crippen molar-refractivity contribution in [3.8, 4) is 28.4 Å². The fourth-order valence-corrected chi connectivity index (χ4v) is 6.12. The fraction of sp³-hybridized carbons (Fsp3) is 0.372. The molecule has 0 N–H and O–H groups in total. The third kappa shape index (κ3) is 12.4. The van der Waals surface area contributed by atoms with E-state index in [2.05, 4.69) is 37.9 Å². The maximum Gasteiger partial charge on any atom is 0.341 e. The van der Waals surface area contributed by atoms with Gasteiger partial charge in [0.15, 0.2) is 0 Å². The van der Waals surface area contributed by atoms with Gasteiger partial charge in [0, 0.05) is 21.3 Å². The minimum absolute atomic E-state index is 0.0733. The quantitative estimate of drug-likeness (QED) is 0.0478. The van der Waals surface area contributed by atoms with Crippen molar-refractivity contribution in [2.24, 2.45) is 0 Å². The molecule has 1 aliphatic carbocycles. The van der Waals surface area contributed by atoms with Gasteiger partial charge in [-0.1, -0.05) is 56.1 Å². The van der Waals surface area contributed by atoms with Crippen molar-refractivity contribution in [3.05, 3.63) is 114 Å². The molecule has 54 heavy (non-hydrogen) atoms. The Labute approximate surface area is 317 Å². The molecule has 0 bridgehead atoms. The molecule has 1 saturated carbocycles. The first-order valence-corrected chi connectivity index (χ1v) is 17.8. The Balaban J connectivity index is 1.36. The van der Waals surface area contributed by atoms with Gasteiger partial charge in [-0.15, -0.1) is 0 Å². The lowest BCUT2D eigenvalue weighted by Gasteiger charge is -2.30. The Morgan fingerprint density at radius 1 is 0.556 bits per heavy atom. The van der Waals surface area contributed by atoms with E-state index in [-0.39, 0.29) is 68.9 Å². The Hall–Kier alpha value is -5.23. The number of benzene rings is 3. The molecule has 0 saturated heterocycles. The van der Waals surface area contributed by atoms with Crippen molar-refractivity contribution in [1.29, 1.82) is 0 Å². The van der Waals surface area contributed by atoms with Crippen molar-refractivity contribution in [2.45, 2.75) is 37.5 Å². The van der Waals surface area contributed by atoms with Gasteiger partial charge in [-0.3, -0.25) is 0 Å². The lowest BCUT2D eigenvalue weighted by Crippen LogP contribution is -2.17. The van der Waals surface area contributed by atoms with E-state index < -0.39 is 17.9 Å². The van der Waals surface area contributed by atoms with Crippen LogP contribution in [-0.4, -0.2) is 85.5 Å². The van der Waals surface area contributed by atoms with Gasteiger partial charge < -0.3 is 37.9 Å². The molecule has 3 aromatic rings. The molecule has 4 rings (SSSR count). The number of hydrogen-bond acceptors (Lipinski definition) is 11. The summed E-state index contributed by atoms with van der Waals surface area (Å²) in [6.07, 6.45) is 3.79. The SMILES string of the molecule is C=C(COC)C(=O)OCCOc1ccc(-c2ccc(C3CCC(c4ccc(OCCOC(=O)C(=C)COC)cc4)CC3)c(OC(=O)C(=C)COC)c2)cc1. The maximum atomic E-state index is 13.0. The molecule has 1 fully saturated rings. The molecule has 288 valence electrons. The van der Waals surface area contributed by atoms with E-state index >= 15 is 0 Å². The van der Waals surface area contributed by atoms with Gasteiger partial charge in [0.2, 0.25) is 0 Å². The van der Waals surface area contributed by atoms with Crippen LogP contribution in [0.1, 0.15) is 48.6 Å². The van der Waals surface area contributed by atoms with Crippen LogP contribution in [0.2, 0.25) is 0 Å². The van der Waals surface area contributed by atoms with Gasteiger partial charge in [0.1, 0.15) is 43.7 Å². The number of carbonyl (C=O) groups excluding carboxylic acids is 3. The molecule has 0 atom stereocenters. The van der Waals surface area contributed by atoms with E-state index in [1.165, 1.54) is 26.9 Å². The average molecular weight is 743 g/mol. The van der Waals surface area contributed by atoms with Gasteiger partial charge in [0.25, 0.3) is 0 Å². The van der Waals surface area contributed by atoms with Crippen LogP contribution in [0.4, 0.5) is 0 Å². The topological polar surface area (TPSA) is 125 Å². The van der Waals surface area contributed by atoms with Gasteiger partial charge in [-0.25, -0.2) is 14.4 Å². The summed E-state index contributed by atoms with van der Waals surface area (Å²) < 4.78 is 42.7. The molecule has 0 aliphatic heterocycles. The van der Waals surface area contributed by atoms with E-state index in [1.54, 1.807) is 0 Å². The number of ether oxygens (including phenoxy) is 8. The predicted molar refractivity (Wildman–Crippen MR) is 204 cm³/mol. The Morgan fingerprint density at radius 3 is 1.50 bits per heavy atom. The zero-order valence-corrected chi connectivity index (χ0v) is 31.4. The monoisotopic (exact) mass is 742 g/mol. The molecule has 11 heteroatoms. The zero-order valence-electron chi connectivity index (χ0n) is 31.4. The molecule has 0 heterocycles. The summed E-state index contributed by atoms with van der Waals surface area (Å²) in [6.45, 7) is 12.0. The lowest BCUT2D eigenvalue weighted by molar-refractivity contribution is -0.141. The van der Waals surface area contributed by atoms with Crippen LogP contribution in [-0.2, 0) is 38.1 Å². The highest BCUT2D eigenvalue weighted by molar-refractivity contribution is 5.90. The minimum atomic E-state index is -0.531. The third-order valence-electron chi connectivity index (χ3n) is 8.91. The van der Waals surface area contributed by atoms with Crippen LogP contribution in [0.25, 0.3) is 11.1 Å². The second-order valence-corrected chi connectivity index (χ2v) is 12.9. The second kappa shape index (κ2) is 21.5. The first-order valence-electron chi connectivity index (χ1n) is 17.8. The first-order chi connectivity index (χ1) is 26.1. The number of methoxy groups -OCH3 is 3. The molecule has 0 aromatic heterocycles. The van der Waals surface area contributed by atoms with Gasteiger partial charge in [-0.05, 0) is 90.1 Å². The summed E-state index contributed by atoms with van der Waals surface area (Å²) >= 11 is 0. The van der Waals surface area contributed by atoms with Crippen molar-refractivity contribution in [1.82, 2.24) is 0 Å². The van der Waals surface area contributed by atoms with E-state index in [1.807, 2.05) is 48.5 Å². The average Bonchev–Trinajstić information content (AvgIpc) is 3.18. The maximum absolute atomic E-state index is 13.0. The van der Waals surface area contributed by atoms with Crippen LogP contribution in [0, 0.1) is 0 Å². The summed E-state index contributed by atoms with van der Waals surface area (Å²) in [6, 6.07) is 21.6. The highest BCUT2D eigenvalue weighted by Gasteiger charge is 2.27. The van der Waals surface area contributed by atoms with Crippen LogP contribution in [0.15, 0.2) is 103 Å². The molecule has 0 unspecified atom stereocenters. The highest BCUT2D eigenvalue weighted by Crippen LogP contribution is 2.44. The summed E-state index contributed by atoms with van der Waals surface area (Å²) in [5.41, 5.74) is 4.74. The van der Waals surface area contributed by atoms with Crippen molar-refractivity contribution in [2.75, 3.05) is 67.6 Å². The third-order valence-corrected chi connectivity index (χ3v) is 8.91. The molecular formula is C43H50O11. The highest BCUT2D eigenvalue weighted by atomic mass is 16.6. The molecule has 3 aromatic carbocycles. The number of rotatable bonds is 21. The van der Waals surface area contributed by atoms with Crippen molar-refractivity contribution in [3.63, 3.8) is 0 Å². The van der Waals surface area contributed by atoms with E-state index in [9.17, 15) is 14.4 Å². The van der Waals surface area contributed by atoms with Crippen LogP contribution >= 0.6 is 0 Å². The summed E-state index contributed by atoms with van der Waals surface area (Å²) in [7, 11) is 4.48. The molecular weight excluding hydrogens is 692 g/mol. The van der Waals surface area contributed by atoms with Crippen LogP contribution in [0.3, 0.4) is 0 Å². The van der Waals surface area contributed by atoms with Crippen LogP contribution in [0.5, 0.6) is 17.2 Å². The van der Waals surface area contributed by atoms with E-state index in [0.29, 0.717) is 23.2 Å². The Bertz CT molecular complexity index is 1740. The predicted octanol–water partition coefficient (Wildman–Crippen LogP) is 7.15. The van der Waals surface area contributed by atoms with Crippen molar-refractivity contribution >= 4 is 17.9 Å². The molecule has 0 radical (unpaired) electrons. The summed E-state index contributed by atoms with van der Waals surface area (Å²) in [5, 5.41) is 0. The zero-order chi connectivity index (χ0) is 38.9. The normalized spacial score (nSPS) is 15.1. The van der Waals surface area contributed by atoms with Crippen molar-refractivity contribution < 1.29 is 52.3 Å². The van der Waals surface area contributed by atoms with Gasteiger partial charge in [-0.2, -0.15) is 0 Å². The number of hydrogen-bond donors (Lipinski definition) is 0. The van der Waals surface area contributed by atoms with Crippen LogP contribution < -0.4 is 14.2 Å². The van der Waals surface area contributed by atoms with Gasteiger partial charge in [0.05, 0.1) is 36.5 Å². The second-order valence-electron chi connectivity index (χ2n) is 12.9. The largest absolute Gasteiger partial charge is 0.490 e. The number of carbonyl (C=O) groups is 3. The van der Waals surface area contributed by atoms with Gasteiger partial charge >= 0.3 is 17.9 Å². The summed E-state index contributed by atoms with van der Waals surface area (Å²) in [5.74, 6) is 0.865. The molecule has 11 nitrogen and oxygen atoms in total. The van der Waals surface area contributed by atoms with E-state index in [0.717, 1.165) is 42.4 Å². The standard InChI is InChI=1S/C43H50O11/c1-29(26-47-4)41(44)52-23-21-50-37-16-11-33(12-17-37)32-7-9-35(10-8-32)39-20-15-36(25-40(39)54-43(46)31(3)28-49-6)34-13-18-38(19-14-34)51-22-24-53-42(45)30(2)27-48-5/h11-20,25,32,35H,1-3,7-10,21-24,26-28H2,4-6H3. The van der Waals surface area contributed by atoms with E-state index in [4.69, 9.17) is 37.9 Å².